The monoisotopic (exact) mass is 230 g/mol. The van der Waals surface area contributed by atoms with Gasteiger partial charge in [-0.15, -0.1) is 0 Å². The van der Waals surface area contributed by atoms with Gasteiger partial charge in [-0.3, -0.25) is 4.79 Å². The molecular weight excluding hydrogens is 216 g/mol. The normalized spacial score (nSPS) is 10.2. The Balaban J connectivity index is 2.23. The number of aryl methyl sites for hydroxylation is 1. The molecule has 1 aromatic carbocycles. The Morgan fingerprint density at radius 2 is 2.06 bits per heavy atom. The predicted octanol–water partition coefficient (Wildman–Crippen LogP) is 2.05. The maximum absolute atomic E-state index is 12.1. The molecule has 0 N–H and O–H groups in total. The van der Waals surface area contributed by atoms with Gasteiger partial charge in [0.1, 0.15) is 11.4 Å². The summed E-state index contributed by atoms with van der Waals surface area (Å²) in [5.74, 6) is 0.738. The fourth-order valence-corrected chi connectivity index (χ4v) is 1.59. The van der Waals surface area contributed by atoms with Gasteiger partial charge in [0.15, 0.2) is 0 Å². The Kier molecular flexibility index (Phi) is 3.23. The van der Waals surface area contributed by atoms with Gasteiger partial charge in [-0.1, -0.05) is 0 Å². The summed E-state index contributed by atoms with van der Waals surface area (Å²) in [6.07, 6.45) is 3.18. The van der Waals surface area contributed by atoms with Gasteiger partial charge in [0.05, 0.1) is 19.1 Å². The predicted molar refractivity (Wildman–Crippen MR) is 64.3 cm³/mol. The molecule has 4 nitrogen and oxygen atoms in total. The number of ether oxygens (including phenoxy) is 1. The average molecular weight is 230 g/mol. The zero-order valence-corrected chi connectivity index (χ0v) is 9.88. The van der Waals surface area contributed by atoms with Crippen LogP contribution in [0.4, 0.5) is 0 Å². The first-order chi connectivity index (χ1) is 8.22. The van der Waals surface area contributed by atoms with E-state index in [0.29, 0.717) is 17.9 Å². The molecule has 0 saturated heterocycles. The quantitative estimate of drug-likeness (QED) is 0.755. The Bertz CT molecular complexity index is 514. The SMILES string of the molecule is CCOc1ccc(C(=O)c2cncn2C)cc1. The van der Waals surface area contributed by atoms with Crippen LogP contribution in [-0.4, -0.2) is 21.9 Å². The summed E-state index contributed by atoms with van der Waals surface area (Å²) in [6.45, 7) is 2.55. The highest BCUT2D eigenvalue weighted by atomic mass is 16.5. The van der Waals surface area contributed by atoms with Crippen molar-refractivity contribution in [2.24, 2.45) is 7.05 Å². The van der Waals surface area contributed by atoms with Crippen molar-refractivity contribution in [1.29, 1.82) is 0 Å². The summed E-state index contributed by atoms with van der Waals surface area (Å²) in [6, 6.07) is 7.13. The lowest BCUT2D eigenvalue weighted by atomic mass is 10.1. The van der Waals surface area contributed by atoms with Gasteiger partial charge < -0.3 is 9.30 Å². The number of imidazole rings is 1. The van der Waals surface area contributed by atoms with Gasteiger partial charge in [0, 0.05) is 12.6 Å². The van der Waals surface area contributed by atoms with E-state index in [4.69, 9.17) is 4.74 Å². The molecule has 0 unspecified atom stereocenters. The van der Waals surface area contributed by atoms with E-state index in [1.165, 1.54) is 0 Å². The van der Waals surface area contributed by atoms with Crippen molar-refractivity contribution >= 4 is 5.78 Å². The van der Waals surface area contributed by atoms with Crippen molar-refractivity contribution < 1.29 is 9.53 Å². The van der Waals surface area contributed by atoms with Crippen LogP contribution in [0.1, 0.15) is 23.0 Å². The molecule has 17 heavy (non-hydrogen) atoms. The molecule has 88 valence electrons. The lowest BCUT2D eigenvalue weighted by Gasteiger charge is -2.04. The molecule has 0 bridgehead atoms. The van der Waals surface area contributed by atoms with Gasteiger partial charge >= 0.3 is 0 Å². The fraction of sp³-hybridized carbons (Fsp3) is 0.231. The third-order valence-electron chi connectivity index (χ3n) is 2.48. The number of hydrogen-bond donors (Lipinski definition) is 0. The van der Waals surface area contributed by atoms with Crippen LogP contribution in [0.2, 0.25) is 0 Å². The molecule has 0 radical (unpaired) electrons. The number of aromatic nitrogens is 2. The molecule has 0 amide bonds. The first-order valence-corrected chi connectivity index (χ1v) is 5.46. The second-order valence-electron chi connectivity index (χ2n) is 3.68. The molecule has 0 aliphatic rings. The van der Waals surface area contributed by atoms with Crippen LogP contribution in [0, 0.1) is 0 Å². The molecule has 0 spiro atoms. The van der Waals surface area contributed by atoms with Gasteiger partial charge in [0.25, 0.3) is 0 Å². The van der Waals surface area contributed by atoms with Crippen molar-refractivity contribution in [2.75, 3.05) is 6.61 Å². The van der Waals surface area contributed by atoms with E-state index in [2.05, 4.69) is 4.98 Å². The van der Waals surface area contributed by atoms with E-state index in [-0.39, 0.29) is 5.78 Å². The highest BCUT2D eigenvalue weighted by Crippen LogP contribution is 2.15. The van der Waals surface area contributed by atoms with Crippen molar-refractivity contribution in [3.8, 4) is 5.75 Å². The smallest absolute Gasteiger partial charge is 0.211 e. The highest BCUT2D eigenvalue weighted by Gasteiger charge is 2.12. The third kappa shape index (κ3) is 2.36. The number of hydrogen-bond acceptors (Lipinski definition) is 3. The second-order valence-corrected chi connectivity index (χ2v) is 3.68. The van der Waals surface area contributed by atoms with E-state index < -0.39 is 0 Å². The van der Waals surface area contributed by atoms with Crippen molar-refractivity contribution in [3.05, 3.63) is 48.0 Å². The summed E-state index contributed by atoms with van der Waals surface area (Å²) in [5, 5.41) is 0. The molecule has 2 rings (SSSR count). The Morgan fingerprint density at radius 1 is 1.35 bits per heavy atom. The Labute approximate surface area is 99.9 Å². The molecule has 4 heteroatoms. The van der Waals surface area contributed by atoms with Crippen LogP contribution in [0.25, 0.3) is 0 Å². The summed E-state index contributed by atoms with van der Waals surface area (Å²) in [7, 11) is 1.80. The van der Waals surface area contributed by atoms with Gasteiger partial charge in [-0.2, -0.15) is 0 Å². The lowest BCUT2D eigenvalue weighted by Crippen LogP contribution is -2.06. The third-order valence-corrected chi connectivity index (χ3v) is 2.48. The van der Waals surface area contributed by atoms with Crippen molar-refractivity contribution in [1.82, 2.24) is 9.55 Å². The molecular formula is C13H14N2O2. The Hall–Kier alpha value is -2.10. The number of nitrogens with zero attached hydrogens (tertiary/aromatic N) is 2. The van der Waals surface area contributed by atoms with E-state index in [0.717, 1.165) is 5.75 Å². The minimum Gasteiger partial charge on any atom is -0.494 e. The van der Waals surface area contributed by atoms with Gasteiger partial charge in [-0.25, -0.2) is 4.98 Å². The largest absolute Gasteiger partial charge is 0.494 e. The fourth-order valence-electron chi connectivity index (χ4n) is 1.59. The highest BCUT2D eigenvalue weighted by molar-refractivity contribution is 6.07. The molecule has 0 fully saturated rings. The van der Waals surface area contributed by atoms with Crippen LogP contribution < -0.4 is 4.74 Å². The summed E-state index contributed by atoms with van der Waals surface area (Å²) < 4.78 is 7.03. The summed E-state index contributed by atoms with van der Waals surface area (Å²) >= 11 is 0. The molecule has 0 atom stereocenters. The zero-order chi connectivity index (χ0) is 12.3. The minimum atomic E-state index is -0.0342. The van der Waals surface area contributed by atoms with E-state index in [1.54, 1.807) is 48.4 Å². The van der Waals surface area contributed by atoms with Crippen LogP contribution in [0.3, 0.4) is 0 Å². The van der Waals surface area contributed by atoms with E-state index in [9.17, 15) is 4.79 Å². The number of ketones is 1. The summed E-state index contributed by atoms with van der Waals surface area (Å²) in [4.78, 5) is 16.0. The van der Waals surface area contributed by atoms with Crippen LogP contribution in [0.5, 0.6) is 5.75 Å². The topological polar surface area (TPSA) is 44.1 Å². The molecule has 0 saturated carbocycles. The first-order valence-electron chi connectivity index (χ1n) is 5.46. The number of carbonyl (C=O) groups excluding carboxylic acids is 1. The molecule has 2 aromatic rings. The summed E-state index contributed by atoms with van der Waals surface area (Å²) in [5.41, 5.74) is 1.21. The second kappa shape index (κ2) is 4.82. The Morgan fingerprint density at radius 3 is 2.59 bits per heavy atom. The lowest BCUT2D eigenvalue weighted by molar-refractivity contribution is 0.103. The maximum Gasteiger partial charge on any atom is 0.211 e. The molecule has 1 heterocycles. The van der Waals surface area contributed by atoms with Gasteiger partial charge in [-0.05, 0) is 31.2 Å². The van der Waals surface area contributed by atoms with Crippen LogP contribution in [-0.2, 0) is 7.05 Å². The molecule has 0 aliphatic heterocycles. The van der Waals surface area contributed by atoms with Crippen molar-refractivity contribution in [2.45, 2.75) is 6.92 Å². The van der Waals surface area contributed by atoms with Gasteiger partial charge in [0.2, 0.25) is 5.78 Å². The van der Waals surface area contributed by atoms with E-state index >= 15 is 0 Å². The minimum absolute atomic E-state index is 0.0342. The average Bonchev–Trinajstić information content (AvgIpc) is 2.76. The van der Waals surface area contributed by atoms with Crippen LogP contribution >= 0.6 is 0 Å². The van der Waals surface area contributed by atoms with Crippen LogP contribution in [0.15, 0.2) is 36.8 Å². The number of rotatable bonds is 4. The van der Waals surface area contributed by atoms with Crippen molar-refractivity contribution in [3.63, 3.8) is 0 Å². The number of carbonyl (C=O) groups is 1. The maximum atomic E-state index is 12.1. The first kappa shape index (κ1) is 11.4. The standard InChI is InChI=1S/C13H14N2O2/c1-3-17-11-6-4-10(5-7-11)13(16)12-8-14-9-15(12)2/h4-9H,3H2,1-2H3. The molecule has 0 aliphatic carbocycles. The zero-order valence-electron chi connectivity index (χ0n) is 9.88. The number of benzene rings is 1. The molecule has 1 aromatic heterocycles. The van der Waals surface area contributed by atoms with E-state index in [1.807, 2.05) is 6.92 Å².